The van der Waals surface area contributed by atoms with E-state index in [0.29, 0.717) is 6.42 Å². The van der Waals surface area contributed by atoms with Crippen LogP contribution in [0.15, 0.2) is 24.3 Å². The SMILES string of the molecule is COc1ccccc1CC(C)[NH2+]CC(F)(F)F.[Cl-]. The first-order chi connectivity index (χ1) is 7.92. The normalized spacial score (nSPS) is 12.7. The molecule has 0 bridgehead atoms. The standard InChI is InChI=1S/C12H16F3NO.ClH/c1-9(16-8-12(13,14)15)7-10-5-3-4-6-11(10)17-2;/h3-6,9,16H,7-8H2,1-2H3;1H. The van der Waals surface area contributed by atoms with Gasteiger partial charge in [0.2, 0.25) is 0 Å². The van der Waals surface area contributed by atoms with Gasteiger partial charge in [-0.2, -0.15) is 13.2 Å². The fraction of sp³-hybridized carbons (Fsp3) is 0.500. The zero-order valence-corrected chi connectivity index (χ0v) is 11.1. The molecular weight excluding hydrogens is 267 g/mol. The first kappa shape index (κ1) is 17.1. The summed E-state index contributed by atoms with van der Waals surface area (Å²) in [7, 11) is 1.56. The molecule has 1 aromatic rings. The minimum absolute atomic E-state index is 0. The summed E-state index contributed by atoms with van der Waals surface area (Å²) in [5.74, 6) is 0.722. The number of quaternary nitrogens is 1. The number of ether oxygens (including phenoxy) is 1. The van der Waals surface area contributed by atoms with Gasteiger partial charge in [0.25, 0.3) is 0 Å². The van der Waals surface area contributed by atoms with Crippen molar-refractivity contribution in [2.24, 2.45) is 0 Å². The smallest absolute Gasteiger partial charge is 0.438 e. The summed E-state index contributed by atoms with van der Waals surface area (Å²) in [6.07, 6.45) is -3.56. The van der Waals surface area contributed by atoms with Crippen molar-refractivity contribution in [2.75, 3.05) is 13.7 Å². The van der Waals surface area contributed by atoms with Crippen LogP contribution in [0.5, 0.6) is 5.75 Å². The van der Waals surface area contributed by atoms with Crippen LogP contribution < -0.4 is 22.5 Å². The molecule has 0 saturated heterocycles. The molecule has 0 fully saturated rings. The maximum atomic E-state index is 12.0. The van der Waals surface area contributed by atoms with Gasteiger partial charge in [-0.25, -0.2) is 0 Å². The molecule has 104 valence electrons. The van der Waals surface area contributed by atoms with E-state index in [0.717, 1.165) is 11.3 Å². The van der Waals surface area contributed by atoms with Gasteiger partial charge in [-0.15, -0.1) is 0 Å². The van der Waals surface area contributed by atoms with Gasteiger partial charge in [-0.05, 0) is 18.6 Å². The van der Waals surface area contributed by atoms with Crippen LogP contribution in [0.2, 0.25) is 0 Å². The second-order valence-electron chi connectivity index (χ2n) is 4.05. The minimum atomic E-state index is -4.12. The van der Waals surface area contributed by atoms with Crippen molar-refractivity contribution in [2.45, 2.75) is 25.6 Å². The molecule has 0 saturated carbocycles. The maximum absolute atomic E-state index is 12.0. The van der Waals surface area contributed by atoms with Crippen LogP contribution in [0, 0.1) is 0 Å². The number of hydrogen-bond donors (Lipinski definition) is 1. The van der Waals surface area contributed by atoms with Gasteiger partial charge >= 0.3 is 6.18 Å². The maximum Gasteiger partial charge on any atom is 0.438 e. The number of methoxy groups -OCH3 is 1. The predicted octanol–water partition coefficient (Wildman–Crippen LogP) is -1.24. The summed E-state index contributed by atoms with van der Waals surface area (Å²) in [6, 6.07) is 7.25. The largest absolute Gasteiger partial charge is 1.00 e. The summed E-state index contributed by atoms with van der Waals surface area (Å²) in [4.78, 5) is 0. The number of benzene rings is 1. The quantitative estimate of drug-likeness (QED) is 0.719. The molecule has 0 radical (unpaired) electrons. The fourth-order valence-electron chi connectivity index (χ4n) is 1.64. The highest BCUT2D eigenvalue weighted by Gasteiger charge is 2.30. The Hall–Kier alpha value is -0.940. The van der Waals surface area contributed by atoms with Crippen LogP contribution in [0.4, 0.5) is 13.2 Å². The number of hydrogen-bond acceptors (Lipinski definition) is 1. The van der Waals surface area contributed by atoms with Crippen molar-refractivity contribution in [3.8, 4) is 5.75 Å². The van der Waals surface area contributed by atoms with Gasteiger partial charge in [-0.1, -0.05) is 18.2 Å². The zero-order chi connectivity index (χ0) is 12.9. The average molecular weight is 284 g/mol. The van der Waals surface area contributed by atoms with Gasteiger partial charge in [0.15, 0.2) is 6.54 Å². The lowest BCUT2D eigenvalue weighted by atomic mass is 10.1. The molecule has 0 aliphatic heterocycles. The number of alkyl halides is 3. The second kappa shape index (κ2) is 7.48. The molecule has 0 aliphatic rings. The fourth-order valence-corrected chi connectivity index (χ4v) is 1.64. The van der Waals surface area contributed by atoms with Crippen molar-refractivity contribution in [3.05, 3.63) is 29.8 Å². The zero-order valence-electron chi connectivity index (χ0n) is 10.3. The Morgan fingerprint density at radius 2 is 1.89 bits per heavy atom. The van der Waals surface area contributed by atoms with Gasteiger partial charge < -0.3 is 22.5 Å². The topological polar surface area (TPSA) is 25.8 Å². The van der Waals surface area contributed by atoms with E-state index in [1.165, 1.54) is 5.32 Å². The number of para-hydroxylation sites is 1. The highest BCUT2D eigenvalue weighted by molar-refractivity contribution is 5.33. The molecule has 18 heavy (non-hydrogen) atoms. The van der Waals surface area contributed by atoms with E-state index >= 15 is 0 Å². The van der Waals surface area contributed by atoms with Crippen LogP contribution in [0.1, 0.15) is 12.5 Å². The van der Waals surface area contributed by atoms with Crippen LogP contribution in [0.25, 0.3) is 0 Å². The Bertz CT molecular complexity index is 357. The van der Waals surface area contributed by atoms with E-state index in [1.54, 1.807) is 14.0 Å². The van der Waals surface area contributed by atoms with Crippen molar-refractivity contribution < 1.29 is 35.6 Å². The Balaban J connectivity index is 0.00000289. The Kier molecular flexibility index (Phi) is 7.09. The predicted molar refractivity (Wildman–Crippen MR) is 59.0 cm³/mol. The molecule has 0 spiro atoms. The molecule has 1 aromatic carbocycles. The molecule has 1 unspecified atom stereocenters. The van der Waals surface area contributed by atoms with Crippen molar-refractivity contribution in [1.29, 1.82) is 0 Å². The molecule has 0 aliphatic carbocycles. The van der Waals surface area contributed by atoms with E-state index in [4.69, 9.17) is 4.74 Å². The highest BCUT2D eigenvalue weighted by Crippen LogP contribution is 2.18. The molecule has 0 amide bonds. The second-order valence-corrected chi connectivity index (χ2v) is 4.05. The Morgan fingerprint density at radius 3 is 2.44 bits per heavy atom. The number of rotatable bonds is 5. The average Bonchev–Trinajstić information content (AvgIpc) is 2.26. The Labute approximate surface area is 111 Å². The van der Waals surface area contributed by atoms with Crippen LogP contribution >= 0.6 is 0 Å². The molecule has 2 N–H and O–H groups in total. The molecule has 0 heterocycles. The van der Waals surface area contributed by atoms with Gasteiger partial charge in [0.05, 0.1) is 13.2 Å². The summed E-state index contributed by atoms with van der Waals surface area (Å²) in [5.41, 5.74) is 0.931. The first-order valence-corrected chi connectivity index (χ1v) is 5.44. The summed E-state index contributed by atoms with van der Waals surface area (Å²) < 4.78 is 41.3. The summed E-state index contributed by atoms with van der Waals surface area (Å²) >= 11 is 0. The molecule has 0 aromatic heterocycles. The van der Waals surface area contributed by atoms with Crippen molar-refractivity contribution >= 4 is 0 Å². The third-order valence-corrected chi connectivity index (χ3v) is 2.49. The number of halogens is 4. The van der Waals surface area contributed by atoms with E-state index in [9.17, 15) is 13.2 Å². The van der Waals surface area contributed by atoms with E-state index in [1.807, 2.05) is 24.3 Å². The molecular formula is C12H17ClF3NO. The lowest BCUT2D eigenvalue weighted by Crippen LogP contribution is -3.00. The third-order valence-electron chi connectivity index (χ3n) is 2.49. The lowest BCUT2D eigenvalue weighted by molar-refractivity contribution is -0.704. The summed E-state index contributed by atoms with van der Waals surface area (Å²) in [6.45, 7) is 0.932. The lowest BCUT2D eigenvalue weighted by Gasteiger charge is -2.14. The first-order valence-electron chi connectivity index (χ1n) is 5.44. The van der Waals surface area contributed by atoms with Crippen molar-refractivity contribution in [1.82, 2.24) is 0 Å². The minimum Gasteiger partial charge on any atom is -1.00 e. The molecule has 1 rings (SSSR count). The van der Waals surface area contributed by atoms with E-state index in [-0.39, 0.29) is 18.4 Å². The monoisotopic (exact) mass is 283 g/mol. The van der Waals surface area contributed by atoms with Gasteiger partial charge in [0.1, 0.15) is 5.75 Å². The molecule has 2 nitrogen and oxygen atoms in total. The Morgan fingerprint density at radius 1 is 1.28 bits per heavy atom. The van der Waals surface area contributed by atoms with Crippen LogP contribution in [0.3, 0.4) is 0 Å². The third kappa shape index (κ3) is 6.12. The van der Waals surface area contributed by atoms with Gasteiger partial charge in [0, 0.05) is 6.42 Å². The van der Waals surface area contributed by atoms with E-state index < -0.39 is 12.7 Å². The summed E-state index contributed by atoms with van der Waals surface area (Å²) in [5, 5.41) is 1.30. The number of nitrogens with two attached hydrogens (primary N) is 1. The van der Waals surface area contributed by atoms with E-state index in [2.05, 4.69) is 0 Å². The molecule has 1 atom stereocenters. The van der Waals surface area contributed by atoms with Crippen LogP contribution in [-0.4, -0.2) is 25.9 Å². The highest BCUT2D eigenvalue weighted by atomic mass is 35.5. The molecule has 6 heteroatoms. The van der Waals surface area contributed by atoms with Crippen molar-refractivity contribution in [3.63, 3.8) is 0 Å². The van der Waals surface area contributed by atoms with Crippen LogP contribution in [-0.2, 0) is 6.42 Å². The van der Waals surface area contributed by atoms with Gasteiger partial charge in [-0.3, -0.25) is 0 Å².